The number of hydrogen-bond donors (Lipinski definition) is 0. The lowest BCUT2D eigenvalue weighted by Gasteiger charge is -2.27. The van der Waals surface area contributed by atoms with Crippen LogP contribution in [0.2, 0.25) is 0 Å². The third-order valence-corrected chi connectivity index (χ3v) is 3.92. The number of nitrogens with zero attached hydrogens (tertiary/aromatic N) is 2. The molecule has 1 saturated carbocycles. The summed E-state index contributed by atoms with van der Waals surface area (Å²) in [7, 11) is 0. The van der Waals surface area contributed by atoms with Crippen molar-refractivity contribution in [3.63, 3.8) is 0 Å². The SMILES string of the molecule is N#CCc1cccc(OCC2CN2C2CCC2)c1. The standard InChI is InChI=1S/C15H18N2O/c16-8-7-12-3-1-6-15(9-12)18-11-14-10-17(14)13-4-2-5-13/h1,3,6,9,13-14H,2,4-5,7,10-11H2. The van der Waals surface area contributed by atoms with Crippen LogP contribution in [-0.4, -0.2) is 30.1 Å². The van der Waals surface area contributed by atoms with E-state index in [1.165, 1.54) is 25.8 Å². The van der Waals surface area contributed by atoms with Crippen LogP contribution in [0.3, 0.4) is 0 Å². The fourth-order valence-electron chi connectivity index (χ4n) is 2.54. The van der Waals surface area contributed by atoms with Gasteiger partial charge < -0.3 is 4.74 Å². The maximum Gasteiger partial charge on any atom is 0.119 e. The summed E-state index contributed by atoms with van der Waals surface area (Å²) in [6.07, 6.45) is 4.59. The molecule has 0 radical (unpaired) electrons. The molecule has 0 spiro atoms. The van der Waals surface area contributed by atoms with Crippen LogP contribution in [-0.2, 0) is 6.42 Å². The van der Waals surface area contributed by atoms with Crippen molar-refractivity contribution in [1.82, 2.24) is 4.90 Å². The zero-order valence-corrected chi connectivity index (χ0v) is 10.5. The van der Waals surface area contributed by atoms with E-state index in [4.69, 9.17) is 10.00 Å². The van der Waals surface area contributed by atoms with Crippen molar-refractivity contribution in [2.75, 3.05) is 13.2 Å². The van der Waals surface area contributed by atoms with Gasteiger partial charge >= 0.3 is 0 Å². The molecule has 2 unspecified atom stereocenters. The largest absolute Gasteiger partial charge is 0.492 e. The van der Waals surface area contributed by atoms with Gasteiger partial charge in [-0.05, 0) is 30.5 Å². The molecule has 2 fully saturated rings. The third kappa shape index (κ3) is 2.49. The zero-order chi connectivity index (χ0) is 12.4. The van der Waals surface area contributed by atoms with Crippen LogP contribution in [0.25, 0.3) is 0 Å². The van der Waals surface area contributed by atoms with Crippen molar-refractivity contribution in [2.45, 2.75) is 37.8 Å². The van der Waals surface area contributed by atoms with E-state index >= 15 is 0 Å². The molecule has 0 N–H and O–H groups in total. The van der Waals surface area contributed by atoms with Gasteiger partial charge in [0.05, 0.1) is 18.5 Å². The Balaban J connectivity index is 1.48. The van der Waals surface area contributed by atoms with Gasteiger partial charge in [0.15, 0.2) is 0 Å². The Morgan fingerprint density at radius 1 is 1.39 bits per heavy atom. The summed E-state index contributed by atoms with van der Waals surface area (Å²) in [5, 5.41) is 8.67. The van der Waals surface area contributed by atoms with Crippen molar-refractivity contribution in [3.8, 4) is 11.8 Å². The molecule has 1 heterocycles. The van der Waals surface area contributed by atoms with Gasteiger partial charge in [-0.1, -0.05) is 18.6 Å². The van der Waals surface area contributed by atoms with Gasteiger partial charge in [0.25, 0.3) is 0 Å². The van der Waals surface area contributed by atoms with Crippen LogP contribution < -0.4 is 4.74 Å². The average Bonchev–Trinajstić information content (AvgIpc) is 3.05. The van der Waals surface area contributed by atoms with Gasteiger partial charge in [-0.2, -0.15) is 5.26 Å². The van der Waals surface area contributed by atoms with Gasteiger partial charge in [-0.15, -0.1) is 0 Å². The molecule has 0 bridgehead atoms. The molecule has 18 heavy (non-hydrogen) atoms. The van der Waals surface area contributed by atoms with E-state index < -0.39 is 0 Å². The molecule has 3 nitrogen and oxygen atoms in total. The van der Waals surface area contributed by atoms with Crippen molar-refractivity contribution in [3.05, 3.63) is 29.8 Å². The fourth-order valence-corrected chi connectivity index (χ4v) is 2.54. The van der Waals surface area contributed by atoms with Crippen molar-refractivity contribution in [1.29, 1.82) is 5.26 Å². The zero-order valence-electron chi connectivity index (χ0n) is 10.5. The summed E-state index contributed by atoms with van der Waals surface area (Å²) in [5.74, 6) is 0.892. The third-order valence-electron chi connectivity index (χ3n) is 3.92. The Bertz CT molecular complexity index is 462. The Morgan fingerprint density at radius 3 is 3.00 bits per heavy atom. The topological polar surface area (TPSA) is 36.0 Å². The van der Waals surface area contributed by atoms with Crippen LogP contribution in [0.4, 0.5) is 0 Å². The van der Waals surface area contributed by atoms with E-state index in [1.807, 2.05) is 24.3 Å². The first-order chi connectivity index (χ1) is 8.86. The molecule has 1 aliphatic heterocycles. The average molecular weight is 242 g/mol. The Morgan fingerprint density at radius 2 is 2.28 bits per heavy atom. The van der Waals surface area contributed by atoms with Gasteiger partial charge in [-0.25, -0.2) is 0 Å². The second-order valence-corrected chi connectivity index (χ2v) is 5.23. The van der Waals surface area contributed by atoms with E-state index in [0.717, 1.165) is 24.0 Å². The van der Waals surface area contributed by atoms with Gasteiger partial charge in [-0.3, -0.25) is 4.90 Å². The Kier molecular flexibility index (Phi) is 3.21. The predicted octanol–water partition coefficient (Wildman–Crippen LogP) is 2.37. The lowest BCUT2D eigenvalue weighted by atomic mass is 9.93. The second-order valence-electron chi connectivity index (χ2n) is 5.23. The Labute approximate surface area is 108 Å². The summed E-state index contributed by atoms with van der Waals surface area (Å²) >= 11 is 0. The molecular formula is C15H18N2O. The first-order valence-electron chi connectivity index (χ1n) is 6.71. The van der Waals surface area contributed by atoms with Crippen LogP contribution >= 0.6 is 0 Å². The molecule has 1 aromatic rings. The van der Waals surface area contributed by atoms with E-state index in [-0.39, 0.29) is 0 Å². The number of hydrogen-bond acceptors (Lipinski definition) is 3. The van der Waals surface area contributed by atoms with Crippen molar-refractivity contribution in [2.24, 2.45) is 0 Å². The highest BCUT2D eigenvalue weighted by atomic mass is 16.5. The van der Waals surface area contributed by atoms with Crippen LogP contribution in [0.1, 0.15) is 24.8 Å². The lowest BCUT2D eigenvalue weighted by Crippen LogP contribution is -2.29. The van der Waals surface area contributed by atoms with Crippen molar-refractivity contribution < 1.29 is 4.74 Å². The van der Waals surface area contributed by atoms with E-state index in [1.54, 1.807) is 0 Å². The first kappa shape index (κ1) is 11.6. The minimum Gasteiger partial charge on any atom is -0.492 e. The molecule has 0 aromatic heterocycles. The molecule has 1 saturated heterocycles. The number of ether oxygens (including phenoxy) is 1. The molecule has 2 atom stereocenters. The molecular weight excluding hydrogens is 224 g/mol. The Hall–Kier alpha value is -1.53. The number of benzene rings is 1. The molecule has 0 amide bonds. The molecule has 1 aliphatic carbocycles. The first-order valence-corrected chi connectivity index (χ1v) is 6.71. The molecule has 3 rings (SSSR count). The molecule has 1 aromatic carbocycles. The maximum absolute atomic E-state index is 8.67. The van der Waals surface area contributed by atoms with Crippen LogP contribution in [0, 0.1) is 11.3 Å². The molecule has 3 heteroatoms. The summed E-state index contributed by atoms with van der Waals surface area (Å²) in [6.45, 7) is 1.98. The lowest BCUT2D eigenvalue weighted by molar-refractivity contribution is 0.215. The summed E-state index contributed by atoms with van der Waals surface area (Å²) in [6, 6.07) is 11.5. The summed E-state index contributed by atoms with van der Waals surface area (Å²) < 4.78 is 5.81. The van der Waals surface area contributed by atoms with Gasteiger partial charge in [0.2, 0.25) is 0 Å². The monoisotopic (exact) mass is 242 g/mol. The van der Waals surface area contributed by atoms with E-state index in [2.05, 4.69) is 11.0 Å². The molecule has 2 aliphatic rings. The predicted molar refractivity (Wildman–Crippen MR) is 69.4 cm³/mol. The van der Waals surface area contributed by atoms with Crippen molar-refractivity contribution >= 4 is 0 Å². The van der Waals surface area contributed by atoms with Gasteiger partial charge in [0, 0.05) is 12.6 Å². The highest BCUT2D eigenvalue weighted by Gasteiger charge is 2.42. The number of nitriles is 1. The second kappa shape index (κ2) is 4.99. The quantitative estimate of drug-likeness (QED) is 0.744. The molecule has 94 valence electrons. The minimum atomic E-state index is 0.453. The summed E-state index contributed by atoms with van der Waals surface area (Å²) in [5.41, 5.74) is 1.03. The smallest absolute Gasteiger partial charge is 0.119 e. The summed E-state index contributed by atoms with van der Waals surface area (Å²) in [4.78, 5) is 2.54. The maximum atomic E-state index is 8.67. The van der Waals surface area contributed by atoms with Crippen LogP contribution in [0.15, 0.2) is 24.3 Å². The van der Waals surface area contributed by atoms with Gasteiger partial charge in [0.1, 0.15) is 12.4 Å². The van der Waals surface area contributed by atoms with E-state index in [0.29, 0.717) is 12.5 Å². The normalized spacial score (nSPS) is 26.2. The van der Waals surface area contributed by atoms with Crippen LogP contribution in [0.5, 0.6) is 5.75 Å². The fraction of sp³-hybridized carbons (Fsp3) is 0.533. The minimum absolute atomic E-state index is 0.453. The highest BCUT2D eigenvalue weighted by Crippen LogP contribution is 2.33. The highest BCUT2D eigenvalue weighted by molar-refractivity contribution is 5.30. The number of rotatable bonds is 5. The van der Waals surface area contributed by atoms with E-state index in [9.17, 15) is 0 Å².